The van der Waals surface area contributed by atoms with E-state index in [4.69, 9.17) is 10.5 Å². The highest BCUT2D eigenvalue weighted by Crippen LogP contribution is 1.85. The smallest absolute Gasteiger partial charge is 0.221 e. The third-order valence-corrected chi connectivity index (χ3v) is 2.00. The highest BCUT2D eigenvalue weighted by molar-refractivity contribution is 5.79. The summed E-state index contributed by atoms with van der Waals surface area (Å²) in [6.07, 6.45) is 1.30. The van der Waals surface area contributed by atoms with E-state index >= 15 is 0 Å². The van der Waals surface area contributed by atoms with Crippen LogP contribution >= 0.6 is 0 Å². The van der Waals surface area contributed by atoms with E-state index < -0.39 is 0 Å². The second-order valence-electron chi connectivity index (χ2n) is 3.87. The van der Waals surface area contributed by atoms with Gasteiger partial charge in [0.1, 0.15) is 0 Å². The molecule has 17 heavy (non-hydrogen) atoms. The Balaban J connectivity index is 3.72. The van der Waals surface area contributed by atoms with Crippen LogP contribution in [-0.4, -0.2) is 44.7 Å². The van der Waals surface area contributed by atoms with Gasteiger partial charge < -0.3 is 21.1 Å². The number of ether oxygens (including phenoxy) is 1. The van der Waals surface area contributed by atoms with E-state index in [1.165, 1.54) is 0 Å². The van der Waals surface area contributed by atoms with Gasteiger partial charge in [0.2, 0.25) is 5.91 Å². The van der Waals surface area contributed by atoms with Crippen LogP contribution in [0.4, 0.5) is 0 Å². The Kier molecular flexibility index (Phi) is 9.14. The molecule has 1 unspecified atom stereocenters. The summed E-state index contributed by atoms with van der Waals surface area (Å²) < 4.78 is 4.95. The maximum atomic E-state index is 11.2. The zero-order chi connectivity index (χ0) is 13.1. The van der Waals surface area contributed by atoms with Crippen molar-refractivity contribution in [3.63, 3.8) is 0 Å². The Morgan fingerprint density at radius 1 is 1.53 bits per heavy atom. The van der Waals surface area contributed by atoms with E-state index in [0.717, 1.165) is 6.42 Å². The van der Waals surface area contributed by atoms with Crippen molar-refractivity contribution in [2.45, 2.75) is 32.7 Å². The molecule has 0 fully saturated rings. The molecule has 0 saturated heterocycles. The number of hydrogen-bond acceptors (Lipinski definition) is 3. The number of amides is 1. The topological polar surface area (TPSA) is 88.7 Å². The number of nitrogens with two attached hydrogens (primary N) is 1. The molecule has 100 valence electrons. The number of aliphatic imine (C=N–C) groups is 1. The Labute approximate surface area is 103 Å². The first kappa shape index (κ1) is 15.7. The lowest BCUT2D eigenvalue weighted by Gasteiger charge is -2.12. The summed E-state index contributed by atoms with van der Waals surface area (Å²) in [6, 6.07) is 0.109. The molecule has 0 bridgehead atoms. The molecule has 1 amide bonds. The number of rotatable bonds is 8. The first-order valence-electron chi connectivity index (χ1n) is 5.92. The monoisotopic (exact) mass is 244 g/mol. The quantitative estimate of drug-likeness (QED) is 0.409. The van der Waals surface area contributed by atoms with Crippen molar-refractivity contribution in [1.29, 1.82) is 0 Å². The second-order valence-corrected chi connectivity index (χ2v) is 3.87. The molecule has 6 heteroatoms. The van der Waals surface area contributed by atoms with Crippen LogP contribution in [-0.2, 0) is 9.53 Å². The number of carbonyl (C=O) groups excluding carboxylic acids is 1. The zero-order valence-electron chi connectivity index (χ0n) is 11.0. The van der Waals surface area contributed by atoms with Gasteiger partial charge in [0.05, 0.1) is 13.2 Å². The van der Waals surface area contributed by atoms with Gasteiger partial charge in [-0.3, -0.25) is 9.79 Å². The van der Waals surface area contributed by atoms with Gasteiger partial charge in [-0.05, 0) is 13.3 Å². The number of nitrogens with one attached hydrogen (secondary N) is 2. The second kappa shape index (κ2) is 9.89. The van der Waals surface area contributed by atoms with Crippen LogP contribution in [0.5, 0.6) is 0 Å². The van der Waals surface area contributed by atoms with Gasteiger partial charge in [0.25, 0.3) is 0 Å². The lowest BCUT2D eigenvalue weighted by Crippen LogP contribution is -2.40. The van der Waals surface area contributed by atoms with E-state index in [9.17, 15) is 4.79 Å². The Bertz CT molecular complexity index is 244. The zero-order valence-corrected chi connectivity index (χ0v) is 11.0. The van der Waals surface area contributed by atoms with Crippen molar-refractivity contribution in [3.8, 4) is 0 Å². The molecule has 1 atom stereocenters. The van der Waals surface area contributed by atoms with Crippen LogP contribution in [0.1, 0.15) is 26.7 Å². The van der Waals surface area contributed by atoms with Crippen molar-refractivity contribution >= 4 is 11.9 Å². The molecule has 0 aliphatic heterocycles. The van der Waals surface area contributed by atoms with Gasteiger partial charge in [-0.2, -0.15) is 0 Å². The van der Waals surface area contributed by atoms with E-state index in [0.29, 0.717) is 32.1 Å². The first-order chi connectivity index (χ1) is 8.10. The number of guanidine groups is 1. The lowest BCUT2D eigenvalue weighted by atomic mass is 10.3. The van der Waals surface area contributed by atoms with E-state index in [1.54, 1.807) is 7.11 Å². The largest absolute Gasteiger partial charge is 0.383 e. The molecule has 0 aromatic heterocycles. The van der Waals surface area contributed by atoms with E-state index in [2.05, 4.69) is 15.6 Å². The van der Waals surface area contributed by atoms with Crippen LogP contribution < -0.4 is 16.4 Å². The molecular weight excluding hydrogens is 220 g/mol. The molecule has 0 radical (unpaired) electrons. The minimum Gasteiger partial charge on any atom is -0.383 e. The van der Waals surface area contributed by atoms with Gasteiger partial charge >= 0.3 is 0 Å². The summed E-state index contributed by atoms with van der Waals surface area (Å²) in [5, 5.41) is 5.75. The van der Waals surface area contributed by atoms with Gasteiger partial charge in [-0.25, -0.2) is 0 Å². The van der Waals surface area contributed by atoms with E-state index in [-0.39, 0.29) is 11.9 Å². The SMILES string of the molecule is CCCNC(=O)CCN=C(N)NC(C)COC. The summed E-state index contributed by atoms with van der Waals surface area (Å²) >= 11 is 0. The summed E-state index contributed by atoms with van der Waals surface area (Å²) in [7, 11) is 1.63. The Morgan fingerprint density at radius 3 is 2.82 bits per heavy atom. The van der Waals surface area contributed by atoms with E-state index in [1.807, 2.05) is 13.8 Å². The van der Waals surface area contributed by atoms with Crippen LogP contribution in [0.2, 0.25) is 0 Å². The number of carbonyl (C=O) groups is 1. The third-order valence-electron chi connectivity index (χ3n) is 2.00. The summed E-state index contributed by atoms with van der Waals surface area (Å²) in [4.78, 5) is 15.3. The standard InChI is InChI=1S/C11H24N4O2/c1-4-6-13-10(16)5-7-14-11(12)15-9(2)8-17-3/h9H,4-8H2,1-3H3,(H,13,16)(H3,12,14,15). The summed E-state index contributed by atoms with van der Waals surface area (Å²) in [5.74, 6) is 0.353. The van der Waals surface area contributed by atoms with Crippen LogP contribution in [0.3, 0.4) is 0 Å². The molecule has 0 aromatic carbocycles. The first-order valence-corrected chi connectivity index (χ1v) is 5.92. The Hall–Kier alpha value is -1.30. The summed E-state index contributed by atoms with van der Waals surface area (Å²) in [6.45, 7) is 5.62. The third kappa shape index (κ3) is 9.62. The summed E-state index contributed by atoms with van der Waals surface area (Å²) in [5.41, 5.74) is 5.64. The van der Waals surface area contributed by atoms with Gasteiger partial charge in [0, 0.05) is 26.1 Å². The lowest BCUT2D eigenvalue weighted by molar-refractivity contribution is -0.120. The van der Waals surface area contributed by atoms with Crippen molar-refractivity contribution < 1.29 is 9.53 Å². The molecule has 0 spiro atoms. The van der Waals surface area contributed by atoms with Gasteiger partial charge in [0.15, 0.2) is 5.96 Å². The van der Waals surface area contributed by atoms with Crippen molar-refractivity contribution in [2.24, 2.45) is 10.7 Å². The van der Waals surface area contributed by atoms with Crippen LogP contribution in [0, 0.1) is 0 Å². The molecule has 4 N–H and O–H groups in total. The van der Waals surface area contributed by atoms with Gasteiger partial charge in [-0.1, -0.05) is 6.92 Å². The molecule has 0 heterocycles. The molecular formula is C11H24N4O2. The molecule has 0 aliphatic carbocycles. The minimum atomic E-state index is 0.00772. The predicted octanol–water partition coefficient (Wildman–Crippen LogP) is -0.158. The minimum absolute atomic E-state index is 0.00772. The number of methoxy groups -OCH3 is 1. The average Bonchev–Trinajstić information content (AvgIpc) is 2.26. The maximum Gasteiger partial charge on any atom is 0.221 e. The fourth-order valence-electron chi connectivity index (χ4n) is 1.22. The fraction of sp³-hybridized carbons (Fsp3) is 0.818. The molecule has 0 aromatic rings. The molecule has 0 aliphatic rings. The maximum absolute atomic E-state index is 11.2. The predicted molar refractivity (Wildman–Crippen MR) is 68.9 cm³/mol. The molecule has 0 saturated carbocycles. The number of hydrogen-bond donors (Lipinski definition) is 3. The fourth-order valence-corrected chi connectivity index (χ4v) is 1.22. The average molecular weight is 244 g/mol. The highest BCUT2D eigenvalue weighted by atomic mass is 16.5. The molecule has 6 nitrogen and oxygen atoms in total. The number of nitrogens with zero attached hydrogens (tertiary/aromatic N) is 1. The van der Waals surface area contributed by atoms with Crippen molar-refractivity contribution in [1.82, 2.24) is 10.6 Å². The van der Waals surface area contributed by atoms with Crippen LogP contribution in [0.25, 0.3) is 0 Å². The molecule has 0 rings (SSSR count). The highest BCUT2D eigenvalue weighted by Gasteiger charge is 2.02. The van der Waals surface area contributed by atoms with Gasteiger partial charge in [-0.15, -0.1) is 0 Å². The normalized spacial score (nSPS) is 13.2. The van der Waals surface area contributed by atoms with Crippen molar-refractivity contribution in [3.05, 3.63) is 0 Å². The Morgan fingerprint density at radius 2 is 2.24 bits per heavy atom. The van der Waals surface area contributed by atoms with Crippen LogP contribution in [0.15, 0.2) is 4.99 Å². The van der Waals surface area contributed by atoms with Crippen molar-refractivity contribution in [2.75, 3.05) is 26.8 Å².